The van der Waals surface area contributed by atoms with Crippen LogP contribution in [-0.2, 0) is 31.8 Å². The van der Waals surface area contributed by atoms with Gasteiger partial charge in [0, 0.05) is 61.4 Å². The van der Waals surface area contributed by atoms with Crippen molar-refractivity contribution in [3.63, 3.8) is 0 Å². The maximum atomic E-state index is 13.8. The zero-order chi connectivity index (χ0) is 42.6. The third-order valence-corrected chi connectivity index (χ3v) is 11.3. The lowest BCUT2D eigenvalue weighted by Gasteiger charge is -2.40. The minimum atomic E-state index is -4.79. The number of carbonyl (C=O) groups excluding carboxylic acids is 4. The molecule has 3 fully saturated rings. The third kappa shape index (κ3) is 9.59. The first kappa shape index (κ1) is 43.2. The minimum absolute atomic E-state index is 0.0262. The molecule has 314 valence electrons. The summed E-state index contributed by atoms with van der Waals surface area (Å²) in [5, 5.41) is 27.8. The molecule has 3 aromatic carbocycles. The number of rotatable bonds is 13. The van der Waals surface area contributed by atoms with E-state index in [1.165, 1.54) is 11.0 Å². The van der Waals surface area contributed by atoms with Gasteiger partial charge in [-0.05, 0) is 86.8 Å². The number of thiol groups is 1. The summed E-state index contributed by atoms with van der Waals surface area (Å²) in [4.78, 5) is 57.4. The topological polar surface area (TPSA) is 171 Å². The van der Waals surface area contributed by atoms with E-state index in [-0.39, 0.29) is 49.0 Å². The predicted molar refractivity (Wildman–Crippen MR) is 218 cm³/mol. The summed E-state index contributed by atoms with van der Waals surface area (Å²) in [5.74, 6) is -0.743. The summed E-state index contributed by atoms with van der Waals surface area (Å²) in [6.45, 7) is 7.76. The number of benzene rings is 3. The van der Waals surface area contributed by atoms with Crippen molar-refractivity contribution in [2.45, 2.75) is 69.3 Å². The Kier molecular flexibility index (Phi) is 13.1. The van der Waals surface area contributed by atoms with Crippen molar-refractivity contribution >= 4 is 59.0 Å². The number of halogens is 3. The van der Waals surface area contributed by atoms with Gasteiger partial charge >= 0.3 is 6.18 Å². The maximum Gasteiger partial charge on any atom is 0.417 e. The van der Waals surface area contributed by atoms with E-state index in [0.29, 0.717) is 68.4 Å². The van der Waals surface area contributed by atoms with Gasteiger partial charge < -0.3 is 25.4 Å². The summed E-state index contributed by atoms with van der Waals surface area (Å²) in [6.07, 6.45) is -3.58. The fourth-order valence-electron chi connectivity index (χ4n) is 7.72. The molecule has 0 radical (unpaired) electrons. The van der Waals surface area contributed by atoms with Gasteiger partial charge in [-0.2, -0.15) is 18.4 Å². The van der Waals surface area contributed by atoms with Gasteiger partial charge in [-0.1, -0.05) is 13.0 Å². The molecule has 0 bridgehead atoms. The molecule has 1 unspecified atom stereocenters. The molecule has 3 aliphatic rings. The van der Waals surface area contributed by atoms with Crippen LogP contribution in [0.2, 0.25) is 0 Å². The number of aliphatic hydroxyl groups is 1. The number of nitriles is 1. The Hall–Kier alpha value is -5.35. The Bertz CT molecular complexity index is 2130. The molecule has 0 aromatic heterocycles. The molecule has 4 N–H and O–H groups in total. The molecule has 3 aromatic rings. The van der Waals surface area contributed by atoms with Gasteiger partial charge in [0.25, 0.3) is 5.91 Å². The first-order chi connectivity index (χ1) is 28.0. The van der Waals surface area contributed by atoms with E-state index in [4.69, 9.17) is 17.4 Å². The smallest absolute Gasteiger partial charge is 0.417 e. The lowest BCUT2D eigenvalue weighted by Crippen LogP contribution is -2.56. The monoisotopic (exact) mass is 836 g/mol. The number of piperazine rings is 1. The minimum Gasteiger partial charge on any atom is -0.492 e. The van der Waals surface area contributed by atoms with E-state index in [0.717, 1.165) is 17.7 Å². The second-order valence-corrected chi connectivity index (χ2v) is 15.6. The number of aliphatic hydroxyl groups excluding tert-OH is 1. The molecule has 6 rings (SSSR count). The summed E-state index contributed by atoms with van der Waals surface area (Å²) >= 11 is 4.71. The van der Waals surface area contributed by atoms with Crippen molar-refractivity contribution in [2.24, 2.45) is 0 Å². The predicted octanol–water partition coefficient (Wildman–Crippen LogP) is 4.20. The summed E-state index contributed by atoms with van der Waals surface area (Å²) in [6, 6.07) is 16.4. The van der Waals surface area contributed by atoms with Crippen molar-refractivity contribution in [3.8, 4) is 11.8 Å². The summed E-state index contributed by atoms with van der Waals surface area (Å²) in [7, 11) is 0. The van der Waals surface area contributed by atoms with Crippen LogP contribution in [0.1, 0.15) is 50.3 Å². The van der Waals surface area contributed by atoms with Crippen LogP contribution < -0.4 is 30.5 Å². The van der Waals surface area contributed by atoms with Crippen LogP contribution >= 0.6 is 12.6 Å². The van der Waals surface area contributed by atoms with Gasteiger partial charge in [-0.25, -0.2) is 0 Å². The van der Waals surface area contributed by atoms with Gasteiger partial charge in [-0.3, -0.25) is 39.2 Å². The summed E-state index contributed by atoms with van der Waals surface area (Å²) < 4.78 is 47.6. The Morgan fingerprint density at radius 1 is 1.07 bits per heavy atom. The average Bonchev–Trinajstić information content (AvgIpc) is 3.37. The fraction of sp³-hybridized carbons (Fsp3) is 0.439. The highest BCUT2D eigenvalue weighted by Gasteiger charge is 2.52. The van der Waals surface area contributed by atoms with Crippen molar-refractivity contribution < 1.29 is 42.2 Å². The lowest BCUT2D eigenvalue weighted by molar-refractivity contribution is -0.138. The molecule has 4 amide bonds. The Morgan fingerprint density at radius 2 is 1.81 bits per heavy atom. The highest BCUT2D eigenvalue weighted by Crippen LogP contribution is 2.43. The molecule has 59 heavy (non-hydrogen) atoms. The number of hydrogen-bond donors (Lipinski definition) is 5. The number of hydrogen-bond acceptors (Lipinski definition) is 12. The average molecular weight is 837 g/mol. The largest absolute Gasteiger partial charge is 0.492 e. The molecule has 0 aliphatic carbocycles. The van der Waals surface area contributed by atoms with E-state index in [9.17, 15) is 42.7 Å². The number of anilines is 4. The number of carbonyl (C=O) groups is 4. The Morgan fingerprint density at radius 3 is 2.51 bits per heavy atom. The van der Waals surface area contributed by atoms with Gasteiger partial charge in [0.05, 0.1) is 30.3 Å². The number of nitrogens with zero attached hydrogens (tertiary/aromatic N) is 5. The van der Waals surface area contributed by atoms with Crippen LogP contribution in [0.15, 0.2) is 60.7 Å². The zero-order valence-corrected chi connectivity index (χ0v) is 33.8. The van der Waals surface area contributed by atoms with E-state index in [2.05, 4.69) is 20.9 Å². The molecule has 14 nitrogen and oxygen atoms in total. The van der Waals surface area contributed by atoms with Crippen LogP contribution in [-0.4, -0.2) is 108 Å². The Labute approximate surface area is 345 Å². The molecule has 0 spiro atoms. The van der Waals surface area contributed by atoms with Crippen LogP contribution in [0.4, 0.5) is 35.9 Å². The number of amides is 4. The van der Waals surface area contributed by atoms with Gasteiger partial charge in [0.15, 0.2) is 5.50 Å². The number of imide groups is 1. The standard InChI is InChI=1S/C41H47F3N8O6S/c1-4-25-18-30(52-39(59)51(38(57)40(52,2)3)29-9-8-26(21-45)32(20-29)41(42,43)44)10-12-34(25)58-17-16-50-15-14-49(22-31(50)24-53)23-36(55)47-28-7-5-6-27(19-28)46-33-11-13-35(54)48-37(33)56/h5-10,12,18-20,31,33,39,46,53,59H,4,11,13-17,22-24H2,1-3H3,(H,47,55)(H,48,54,56)/t31-,33?,39+/m1/s1. The van der Waals surface area contributed by atoms with Crippen molar-refractivity contribution in [2.75, 3.05) is 66.4 Å². The lowest BCUT2D eigenvalue weighted by atomic mass is 10.0. The van der Waals surface area contributed by atoms with Gasteiger partial charge in [0.1, 0.15) is 23.9 Å². The first-order valence-electron chi connectivity index (χ1n) is 19.3. The molecule has 3 heterocycles. The van der Waals surface area contributed by atoms with Gasteiger partial charge in [-0.15, -0.1) is 12.6 Å². The summed E-state index contributed by atoms with van der Waals surface area (Å²) in [5.41, 5.74) is -1.19. The molecule has 18 heteroatoms. The van der Waals surface area contributed by atoms with E-state index in [1.807, 2.05) is 17.9 Å². The Balaban J connectivity index is 1.03. The van der Waals surface area contributed by atoms with Crippen LogP contribution in [0.25, 0.3) is 0 Å². The quantitative estimate of drug-likeness (QED) is 0.124. The molecule has 3 saturated heterocycles. The number of alkyl halides is 3. The van der Waals surface area contributed by atoms with E-state index in [1.54, 1.807) is 61.2 Å². The second kappa shape index (κ2) is 17.9. The molecule has 3 atom stereocenters. The highest BCUT2D eigenvalue weighted by molar-refractivity contribution is 7.81. The second-order valence-electron chi connectivity index (χ2n) is 15.2. The van der Waals surface area contributed by atoms with Crippen molar-refractivity contribution in [1.29, 1.82) is 5.26 Å². The fourth-order valence-corrected chi connectivity index (χ4v) is 8.38. The molecular formula is C41H47F3N8O6S. The molecule has 3 aliphatic heterocycles. The highest BCUT2D eigenvalue weighted by atomic mass is 32.1. The van der Waals surface area contributed by atoms with E-state index < -0.39 is 40.3 Å². The SMILES string of the molecule is CCc1cc(N2[C@@H](S)N(c3ccc(C#N)c(C(F)(F)F)c3)C(=O)C2(C)C)ccc1OCCN1CCN(CC(=O)Nc2cccc(NC3CCC(=O)NC3=O)c2)C[C@@H]1CO. The normalized spacial score (nSPS) is 21.3. The van der Waals surface area contributed by atoms with Crippen LogP contribution in [0.5, 0.6) is 5.75 Å². The number of aryl methyl sites for hydroxylation is 1. The number of ether oxygens (including phenoxy) is 1. The van der Waals surface area contributed by atoms with E-state index >= 15 is 0 Å². The number of nitrogens with one attached hydrogen (secondary N) is 3. The maximum absolute atomic E-state index is 13.8. The van der Waals surface area contributed by atoms with Crippen LogP contribution in [0.3, 0.4) is 0 Å². The van der Waals surface area contributed by atoms with Crippen LogP contribution in [0, 0.1) is 11.3 Å². The van der Waals surface area contributed by atoms with Crippen molar-refractivity contribution in [3.05, 3.63) is 77.4 Å². The molecule has 0 saturated carbocycles. The number of piperidine rings is 1. The zero-order valence-electron chi connectivity index (χ0n) is 32.9. The molecular weight excluding hydrogens is 790 g/mol. The first-order valence-corrected chi connectivity index (χ1v) is 19.8. The third-order valence-electron chi connectivity index (χ3n) is 10.8. The van der Waals surface area contributed by atoms with Crippen molar-refractivity contribution in [1.82, 2.24) is 15.1 Å². The van der Waals surface area contributed by atoms with Gasteiger partial charge in [0.2, 0.25) is 17.7 Å².